The lowest BCUT2D eigenvalue weighted by Crippen LogP contribution is -2.27. The highest BCUT2D eigenvalue weighted by Crippen LogP contribution is 2.18. The number of rotatable bonds is 7. The van der Waals surface area contributed by atoms with Crippen LogP contribution in [0.2, 0.25) is 0 Å². The fraction of sp³-hybridized carbons (Fsp3) is 0.867. The van der Waals surface area contributed by atoms with Gasteiger partial charge in [-0.3, -0.25) is 0 Å². The summed E-state index contributed by atoms with van der Waals surface area (Å²) in [7, 11) is 0. The smallest absolute Gasteiger partial charge is 0.125 e. The average molecular weight is 258 g/mol. The molecule has 0 rings (SSSR count). The van der Waals surface area contributed by atoms with Crippen molar-refractivity contribution >= 4 is 12.6 Å². The summed E-state index contributed by atoms with van der Waals surface area (Å²) in [6.07, 6.45) is 2.76. The molecule has 0 saturated heterocycles. The van der Waals surface area contributed by atoms with Crippen molar-refractivity contribution in [3.8, 4) is 0 Å². The molecule has 3 nitrogen and oxygen atoms in total. The first-order valence-corrected chi connectivity index (χ1v) is 6.83. The molecule has 0 radical (unpaired) electrons. The quantitative estimate of drug-likeness (QED) is 0.714. The van der Waals surface area contributed by atoms with Gasteiger partial charge in [0.05, 0.1) is 6.10 Å². The van der Waals surface area contributed by atoms with Gasteiger partial charge in [0.2, 0.25) is 0 Å². The van der Waals surface area contributed by atoms with Crippen molar-refractivity contribution in [2.24, 2.45) is 23.7 Å². The normalized spacial score (nSPS) is 14.1. The van der Waals surface area contributed by atoms with Gasteiger partial charge in [0.25, 0.3) is 0 Å². The van der Waals surface area contributed by atoms with Crippen LogP contribution in [0.3, 0.4) is 0 Å². The van der Waals surface area contributed by atoms with E-state index in [1.165, 1.54) is 0 Å². The summed E-state index contributed by atoms with van der Waals surface area (Å²) in [6.45, 7) is 12.1. The molecule has 0 spiro atoms. The molecule has 0 heterocycles. The van der Waals surface area contributed by atoms with Crippen molar-refractivity contribution in [2.45, 2.75) is 60.5 Å². The van der Waals surface area contributed by atoms with Crippen LogP contribution in [0.15, 0.2) is 0 Å². The van der Waals surface area contributed by atoms with Gasteiger partial charge in [0.15, 0.2) is 0 Å². The molecule has 0 aromatic carbocycles. The Morgan fingerprint density at radius 3 is 1.61 bits per heavy atom. The van der Waals surface area contributed by atoms with E-state index in [2.05, 4.69) is 0 Å². The Labute approximate surface area is 112 Å². The zero-order valence-electron chi connectivity index (χ0n) is 12.7. The van der Waals surface area contributed by atoms with Gasteiger partial charge >= 0.3 is 0 Å². The SMILES string of the molecule is CC(C)CC(O)C(C=O)C(C)C.CC(C)CC=O. The van der Waals surface area contributed by atoms with Crippen LogP contribution >= 0.6 is 0 Å². The summed E-state index contributed by atoms with van der Waals surface area (Å²) in [6, 6.07) is 0. The summed E-state index contributed by atoms with van der Waals surface area (Å²) >= 11 is 0. The molecule has 0 aliphatic heterocycles. The van der Waals surface area contributed by atoms with E-state index < -0.39 is 6.10 Å². The summed E-state index contributed by atoms with van der Waals surface area (Å²) < 4.78 is 0. The molecule has 0 aliphatic rings. The maximum absolute atomic E-state index is 10.6. The molecule has 3 heteroatoms. The van der Waals surface area contributed by atoms with Crippen LogP contribution in [0.5, 0.6) is 0 Å². The van der Waals surface area contributed by atoms with Gasteiger partial charge in [0.1, 0.15) is 12.6 Å². The lowest BCUT2D eigenvalue weighted by Gasteiger charge is -2.22. The molecule has 0 aliphatic carbocycles. The first-order chi connectivity index (χ1) is 8.26. The predicted octanol–water partition coefficient (Wildman–Crippen LogP) is 3.10. The molecule has 0 saturated carbocycles. The summed E-state index contributed by atoms with van der Waals surface area (Å²) in [5, 5.41) is 9.62. The molecule has 0 aromatic heterocycles. The lowest BCUT2D eigenvalue weighted by atomic mass is 9.87. The molecular weight excluding hydrogens is 228 g/mol. The topological polar surface area (TPSA) is 54.4 Å². The first kappa shape index (κ1) is 19.6. The Balaban J connectivity index is 0. The summed E-state index contributed by atoms with van der Waals surface area (Å²) in [4.78, 5) is 20.2. The van der Waals surface area contributed by atoms with Gasteiger partial charge in [-0.2, -0.15) is 0 Å². The van der Waals surface area contributed by atoms with E-state index in [-0.39, 0.29) is 11.8 Å². The number of hydrogen-bond acceptors (Lipinski definition) is 3. The summed E-state index contributed by atoms with van der Waals surface area (Å²) in [5.41, 5.74) is 0. The second kappa shape index (κ2) is 11.4. The second-order valence-corrected chi connectivity index (χ2v) is 5.95. The van der Waals surface area contributed by atoms with E-state index in [0.29, 0.717) is 24.7 Å². The van der Waals surface area contributed by atoms with Crippen LogP contribution < -0.4 is 0 Å². The van der Waals surface area contributed by atoms with Crippen molar-refractivity contribution in [1.82, 2.24) is 0 Å². The maximum atomic E-state index is 10.6. The van der Waals surface area contributed by atoms with E-state index in [1.807, 2.05) is 41.5 Å². The van der Waals surface area contributed by atoms with Crippen molar-refractivity contribution in [1.29, 1.82) is 0 Å². The number of carbonyl (C=O) groups excluding carboxylic acids is 2. The Hall–Kier alpha value is -0.700. The average Bonchev–Trinajstić information content (AvgIpc) is 2.16. The van der Waals surface area contributed by atoms with Gasteiger partial charge in [0, 0.05) is 12.3 Å². The Kier molecular flexibility index (Phi) is 12.4. The highest BCUT2D eigenvalue weighted by atomic mass is 16.3. The second-order valence-electron chi connectivity index (χ2n) is 5.95. The zero-order chi connectivity index (χ0) is 14.7. The molecule has 0 aromatic rings. The van der Waals surface area contributed by atoms with Crippen LogP contribution in [0.25, 0.3) is 0 Å². The number of hydrogen-bond donors (Lipinski definition) is 1. The fourth-order valence-electron chi connectivity index (χ4n) is 1.52. The van der Waals surface area contributed by atoms with E-state index in [9.17, 15) is 14.7 Å². The van der Waals surface area contributed by atoms with Crippen molar-refractivity contribution < 1.29 is 14.7 Å². The summed E-state index contributed by atoms with van der Waals surface area (Å²) in [5.74, 6) is 1.01. The van der Waals surface area contributed by atoms with Crippen LogP contribution in [0.4, 0.5) is 0 Å². The van der Waals surface area contributed by atoms with Crippen molar-refractivity contribution in [2.75, 3.05) is 0 Å². The minimum Gasteiger partial charge on any atom is -0.392 e. The van der Waals surface area contributed by atoms with Crippen LogP contribution in [-0.4, -0.2) is 23.8 Å². The van der Waals surface area contributed by atoms with Gasteiger partial charge < -0.3 is 14.7 Å². The highest BCUT2D eigenvalue weighted by Gasteiger charge is 2.22. The van der Waals surface area contributed by atoms with E-state index in [4.69, 9.17) is 0 Å². The minimum atomic E-state index is -0.470. The zero-order valence-corrected chi connectivity index (χ0v) is 12.7. The number of aliphatic hydroxyl groups is 1. The number of carbonyl (C=O) groups is 2. The fourth-order valence-corrected chi connectivity index (χ4v) is 1.52. The first-order valence-electron chi connectivity index (χ1n) is 6.83. The van der Waals surface area contributed by atoms with Crippen molar-refractivity contribution in [3.05, 3.63) is 0 Å². The van der Waals surface area contributed by atoms with E-state index in [1.54, 1.807) is 0 Å². The third kappa shape index (κ3) is 11.8. The highest BCUT2D eigenvalue weighted by molar-refractivity contribution is 5.54. The van der Waals surface area contributed by atoms with Gasteiger partial charge in [-0.1, -0.05) is 41.5 Å². The molecule has 108 valence electrons. The molecule has 0 fully saturated rings. The molecular formula is C15H30O3. The standard InChI is InChI=1S/C10H20O2.C5H10O/c1-7(2)5-10(12)9(6-11)8(3)4;1-5(2)3-4-6/h6-10,12H,5H2,1-4H3;4-5H,3H2,1-2H3. The minimum absolute atomic E-state index is 0.201. The molecule has 0 bridgehead atoms. The maximum Gasteiger partial charge on any atom is 0.125 e. The Morgan fingerprint density at radius 2 is 1.44 bits per heavy atom. The third-order valence-corrected chi connectivity index (χ3v) is 2.65. The van der Waals surface area contributed by atoms with Crippen LogP contribution in [0.1, 0.15) is 54.4 Å². The molecule has 18 heavy (non-hydrogen) atoms. The van der Waals surface area contributed by atoms with Gasteiger partial charge in [-0.15, -0.1) is 0 Å². The Bertz CT molecular complexity index is 210. The van der Waals surface area contributed by atoms with Crippen LogP contribution in [0, 0.1) is 23.7 Å². The predicted molar refractivity (Wildman–Crippen MR) is 75.4 cm³/mol. The van der Waals surface area contributed by atoms with Crippen LogP contribution in [-0.2, 0) is 9.59 Å². The molecule has 0 amide bonds. The molecule has 2 atom stereocenters. The lowest BCUT2D eigenvalue weighted by molar-refractivity contribution is -0.116. The van der Waals surface area contributed by atoms with Crippen molar-refractivity contribution in [3.63, 3.8) is 0 Å². The monoisotopic (exact) mass is 258 g/mol. The number of aldehydes is 2. The Morgan fingerprint density at radius 1 is 0.944 bits per heavy atom. The largest absolute Gasteiger partial charge is 0.392 e. The molecule has 2 unspecified atom stereocenters. The van der Waals surface area contributed by atoms with E-state index >= 15 is 0 Å². The van der Waals surface area contributed by atoms with Gasteiger partial charge in [-0.05, 0) is 24.2 Å². The third-order valence-electron chi connectivity index (χ3n) is 2.65. The molecule has 1 N–H and O–H groups in total. The van der Waals surface area contributed by atoms with Gasteiger partial charge in [-0.25, -0.2) is 0 Å². The number of aliphatic hydroxyl groups excluding tert-OH is 1. The van der Waals surface area contributed by atoms with E-state index in [0.717, 1.165) is 12.6 Å².